The third-order valence-corrected chi connectivity index (χ3v) is 6.27. The van der Waals surface area contributed by atoms with E-state index in [1.165, 1.54) is 17.5 Å². The lowest BCUT2D eigenvalue weighted by atomic mass is 9.87. The highest BCUT2D eigenvalue weighted by Gasteiger charge is 2.57. The van der Waals surface area contributed by atoms with Gasteiger partial charge in [-0.15, -0.1) is 11.3 Å². The molecule has 6 nitrogen and oxygen atoms in total. The predicted octanol–water partition coefficient (Wildman–Crippen LogP) is 3.56. The first-order chi connectivity index (χ1) is 11.7. The summed E-state index contributed by atoms with van der Waals surface area (Å²) in [5, 5.41) is 11.6. The zero-order chi connectivity index (χ0) is 18.0. The van der Waals surface area contributed by atoms with Crippen LogP contribution in [0.1, 0.15) is 38.5 Å². The number of ether oxygens (including phenoxy) is 1. The number of hydrogen-bond donors (Lipinski definition) is 1. The van der Waals surface area contributed by atoms with Gasteiger partial charge in [0.2, 0.25) is 0 Å². The topological polar surface area (TPSA) is 75.5 Å². The van der Waals surface area contributed by atoms with E-state index in [0.717, 1.165) is 21.6 Å². The number of nitrogens with zero attached hydrogens (tertiary/aromatic N) is 3. The van der Waals surface area contributed by atoms with Gasteiger partial charge in [-0.1, -0.05) is 11.6 Å². The lowest BCUT2D eigenvalue weighted by molar-refractivity contribution is -0.0415. The maximum atomic E-state index is 12.4. The fourth-order valence-corrected chi connectivity index (χ4v) is 5.18. The Hall–Kier alpha value is -1.44. The maximum absolute atomic E-state index is 12.4. The lowest BCUT2D eigenvalue weighted by Crippen LogP contribution is -2.47. The monoisotopic (exact) mass is 381 g/mol. The first kappa shape index (κ1) is 17.0. The highest BCUT2D eigenvalue weighted by molar-refractivity contribution is 7.18. The van der Waals surface area contributed by atoms with Gasteiger partial charge in [-0.2, -0.15) is 0 Å². The molecule has 0 aromatic carbocycles. The standard InChI is InChI=1S/C17H20ClN3O3S/c1-16(2,3)24-15(22)21-8-9-4-10(21)6-17(9,23)12-5-11-14(25-12)20-13(18)7-19-11/h5,7,9-10,23H,4,6,8H2,1-3H3/t9-,10-,17-/m1/s1. The van der Waals surface area contributed by atoms with Gasteiger partial charge in [0.15, 0.2) is 0 Å². The maximum Gasteiger partial charge on any atom is 0.410 e. The first-order valence-electron chi connectivity index (χ1n) is 8.30. The van der Waals surface area contributed by atoms with Gasteiger partial charge in [0.05, 0.1) is 6.20 Å². The largest absolute Gasteiger partial charge is 0.444 e. The number of aromatic nitrogens is 2. The molecule has 2 fully saturated rings. The number of thiophene rings is 1. The summed E-state index contributed by atoms with van der Waals surface area (Å²) in [4.78, 5) is 24.2. The van der Waals surface area contributed by atoms with Gasteiger partial charge in [0.25, 0.3) is 0 Å². The molecule has 0 radical (unpaired) electrons. The van der Waals surface area contributed by atoms with Crippen molar-refractivity contribution < 1.29 is 14.6 Å². The molecule has 2 bridgehead atoms. The Morgan fingerprint density at radius 2 is 2.28 bits per heavy atom. The minimum Gasteiger partial charge on any atom is -0.444 e. The average Bonchev–Trinajstić information content (AvgIpc) is 3.16. The zero-order valence-corrected chi connectivity index (χ0v) is 15.9. The number of likely N-dealkylation sites (tertiary alicyclic amines) is 1. The quantitative estimate of drug-likeness (QED) is 0.817. The van der Waals surface area contributed by atoms with Crippen LogP contribution in [0.2, 0.25) is 5.15 Å². The molecule has 0 unspecified atom stereocenters. The summed E-state index contributed by atoms with van der Waals surface area (Å²) in [6, 6.07) is 1.89. The SMILES string of the molecule is CC(C)(C)OC(=O)N1C[C@H]2C[C@@H]1C[C@]2(O)c1cc2ncc(Cl)nc2s1. The minimum atomic E-state index is -0.942. The second-order valence-electron chi connectivity index (χ2n) is 7.84. The molecule has 1 N–H and O–H groups in total. The number of carbonyl (C=O) groups excluding carboxylic acids is 1. The van der Waals surface area contributed by atoms with Crippen LogP contribution in [-0.4, -0.2) is 44.3 Å². The summed E-state index contributed by atoms with van der Waals surface area (Å²) < 4.78 is 5.48. The summed E-state index contributed by atoms with van der Waals surface area (Å²) in [6.07, 6.45) is 2.51. The number of hydrogen-bond acceptors (Lipinski definition) is 6. The average molecular weight is 382 g/mol. The van der Waals surface area contributed by atoms with Crippen LogP contribution in [0, 0.1) is 5.92 Å². The minimum absolute atomic E-state index is 0.000399. The molecule has 1 aliphatic carbocycles. The third kappa shape index (κ3) is 2.88. The number of aliphatic hydroxyl groups is 1. The van der Waals surface area contributed by atoms with Crippen molar-refractivity contribution >= 4 is 39.4 Å². The van der Waals surface area contributed by atoms with E-state index in [0.29, 0.717) is 18.1 Å². The van der Waals surface area contributed by atoms with Crippen LogP contribution in [0.15, 0.2) is 12.3 Å². The van der Waals surface area contributed by atoms with E-state index in [2.05, 4.69) is 9.97 Å². The molecule has 3 heterocycles. The summed E-state index contributed by atoms with van der Waals surface area (Å²) in [5.41, 5.74) is -0.718. The molecule has 2 aromatic rings. The number of piperidine rings is 1. The van der Waals surface area contributed by atoms with Crippen LogP contribution in [0.4, 0.5) is 4.79 Å². The molecule has 2 aromatic heterocycles. The second-order valence-corrected chi connectivity index (χ2v) is 9.26. The van der Waals surface area contributed by atoms with E-state index < -0.39 is 11.2 Å². The van der Waals surface area contributed by atoms with Gasteiger partial charge in [0.1, 0.15) is 26.7 Å². The molecule has 134 valence electrons. The summed E-state index contributed by atoms with van der Waals surface area (Å²) >= 11 is 7.33. The van der Waals surface area contributed by atoms with Crippen LogP contribution in [0.25, 0.3) is 10.3 Å². The molecule has 1 aliphatic heterocycles. The molecule has 0 spiro atoms. The van der Waals surface area contributed by atoms with Crippen molar-refractivity contribution in [2.24, 2.45) is 5.92 Å². The van der Waals surface area contributed by atoms with Gasteiger partial charge in [-0.05, 0) is 33.3 Å². The van der Waals surface area contributed by atoms with Crippen molar-refractivity contribution in [1.29, 1.82) is 0 Å². The number of carbonyl (C=O) groups is 1. The van der Waals surface area contributed by atoms with Crippen molar-refractivity contribution in [1.82, 2.24) is 14.9 Å². The Labute approximate surface area is 154 Å². The number of amides is 1. The van der Waals surface area contributed by atoms with Crippen molar-refractivity contribution in [3.8, 4) is 0 Å². The molecule has 1 saturated heterocycles. The van der Waals surface area contributed by atoms with Crippen LogP contribution in [0.5, 0.6) is 0 Å². The summed E-state index contributed by atoms with van der Waals surface area (Å²) in [7, 11) is 0. The van der Waals surface area contributed by atoms with Crippen molar-refractivity contribution in [3.05, 3.63) is 22.3 Å². The Kier molecular flexibility index (Phi) is 3.76. The number of halogens is 1. The second kappa shape index (κ2) is 5.53. The van der Waals surface area contributed by atoms with Gasteiger partial charge in [0, 0.05) is 29.8 Å². The molecule has 8 heteroatoms. The van der Waals surface area contributed by atoms with Crippen molar-refractivity contribution in [3.63, 3.8) is 0 Å². The molecular formula is C17H20ClN3O3S. The van der Waals surface area contributed by atoms with E-state index in [1.807, 2.05) is 26.8 Å². The lowest BCUT2D eigenvalue weighted by Gasteiger charge is -2.37. The Morgan fingerprint density at radius 1 is 1.52 bits per heavy atom. The Morgan fingerprint density at radius 3 is 2.92 bits per heavy atom. The number of fused-ring (bicyclic) bond motifs is 3. The van der Waals surface area contributed by atoms with Crippen LogP contribution in [0.3, 0.4) is 0 Å². The van der Waals surface area contributed by atoms with Crippen LogP contribution < -0.4 is 0 Å². The fraction of sp³-hybridized carbons (Fsp3) is 0.588. The van der Waals surface area contributed by atoms with Crippen molar-refractivity contribution in [2.75, 3.05) is 6.54 Å². The van der Waals surface area contributed by atoms with Gasteiger partial charge in [-0.3, -0.25) is 4.98 Å². The molecule has 4 rings (SSSR count). The van der Waals surface area contributed by atoms with Crippen molar-refractivity contribution in [2.45, 2.75) is 50.9 Å². The Balaban J connectivity index is 1.56. The zero-order valence-electron chi connectivity index (χ0n) is 14.3. The normalized spacial score (nSPS) is 28.8. The smallest absolute Gasteiger partial charge is 0.410 e. The molecule has 1 saturated carbocycles. The number of rotatable bonds is 1. The predicted molar refractivity (Wildman–Crippen MR) is 95.8 cm³/mol. The first-order valence-corrected chi connectivity index (χ1v) is 9.50. The van der Waals surface area contributed by atoms with E-state index >= 15 is 0 Å². The van der Waals surface area contributed by atoms with Gasteiger partial charge < -0.3 is 14.7 Å². The van der Waals surface area contributed by atoms with E-state index in [9.17, 15) is 9.90 Å². The molecular weight excluding hydrogens is 362 g/mol. The Bertz CT molecular complexity index is 849. The molecule has 1 amide bonds. The fourth-order valence-electron chi connectivity index (χ4n) is 3.83. The molecule has 25 heavy (non-hydrogen) atoms. The van der Waals surface area contributed by atoms with E-state index in [1.54, 1.807) is 4.90 Å². The van der Waals surface area contributed by atoms with Gasteiger partial charge in [-0.25, -0.2) is 9.78 Å². The van der Waals surface area contributed by atoms with E-state index in [4.69, 9.17) is 16.3 Å². The van der Waals surface area contributed by atoms with Crippen LogP contribution in [-0.2, 0) is 10.3 Å². The molecule has 2 aliphatic rings. The van der Waals surface area contributed by atoms with Gasteiger partial charge >= 0.3 is 6.09 Å². The van der Waals surface area contributed by atoms with Crippen LogP contribution >= 0.6 is 22.9 Å². The highest BCUT2D eigenvalue weighted by atomic mass is 35.5. The summed E-state index contributed by atoms with van der Waals surface area (Å²) in [5.74, 6) is -0.00597. The summed E-state index contributed by atoms with van der Waals surface area (Å²) in [6.45, 7) is 6.08. The third-order valence-electron chi connectivity index (χ3n) is 4.90. The highest BCUT2D eigenvalue weighted by Crippen LogP contribution is 2.52. The van der Waals surface area contributed by atoms with E-state index in [-0.39, 0.29) is 18.1 Å². The molecule has 3 atom stereocenters.